The standard InChI is InChI=1S/C18H35NO/c1-2-3-4-5-6-7-8-9-10-11-12-13-14-15-18-16-19-17-20-18/h16,19H,2-15,17H2,1H3. The highest BCUT2D eigenvalue weighted by Gasteiger charge is 2.03. The van der Waals surface area contributed by atoms with Crippen molar-refractivity contribution in [2.24, 2.45) is 0 Å². The third kappa shape index (κ3) is 10.2. The summed E-state index contributed by atoms with van der Waals surface area (Å²) in [6.07, 6.45) is 21.6. The quantitative estimate of drug-likeness (QED) is 0.401. The van der Waals surface area contributed by atoms with Crippen molar-refractivity contribution in [3.63, 3.8) is 0 Å². The minimum Gasteiger partial charge on any atom is -0.476 e. The smallest absolute Gasteiger partial charge is 0.158 e. The summed E-state index contributed by atoms with van der Waals surface area (Å²) < 4.78 is 5.41. The van der Waals surface area contributed by atoms with Crippen LogP contribution < -0.4 is 5.32 Å². The van der Waals surface area contributed by atoms with Gasteiger partial charge in [-0.15, -0.1) is 0 Å². The molecule has 1 rings (SSSR count). The SMILES string of the molecule is CCCCCCCCCCCCCCCC1=CNCO1. The maximum atomic E-state index is 5.41. The number of allylic oxidation sites excluding steroid dienone is 1. The number of ether oxygens (including phenoxy) is 1. The van der Waals surface area contributed by atoms with E-state index in [1.54, 1.807) is 0 Å². The van der Waals surface area contributed by atoms with Gasteiger partial charge in [0.15, 0.2) is 6.73 Å². The van der Waals surface area contributed by atoms with Gasteiger partial charge in [-0.25, -0.2) is 0 Å². The fourth-order valence-electron chi connectivity index (χ4n) is 2.79. The lowest BCUT2D eigenvalue weighted by Gasteiger charge is -2.04. The van der Waals surface area contributed by atoms with Crippen molar-refractivity contribution in [2.75, 3.05) is 6.73 Å². The van der Waals surface area contributed by atoms with Crippen LogP contribution in [-0.4, -0.2) is 6.73 Å². The van der Waals surface area contributed by atoms with Gasteiger partial charge in [0.1, 0.15) is 5.76 Å². The van der Waals surface area contributed by atoms with Crippen LogP contribution in [0.5, 0.6) is 0 Å². The van der Waals surface area contributed by atoms with Gasteiger partial charge in [-0.2, -0.15) is 0 Å². The topological polar surface area (TPSA) is 21.3 Å². The molecule has 0 aliphatic carbocycles. The maximum Gasteiger partial charge on any atom is 0.158 e. The Balaban J connectivity index is 1.68. The van der Waals surface area contributed by atoms with Crippen LogP contribution in [0.4, 0.5) is 0 Å². The largest absolute Gasteiger partial charge is 0.476 e. The first-order chi connectivity index (χ1) is 9.93. The summed E-state index contributed by atoms with van der Waals surface area (Å²) in [5.41, 5.74) is 0. The lowest BCUT2D eigenvalue weighted by molar-refractivity contribution is 0.221. The number of hydrogen-bond acceptors (Lipinski definition) is 2. The molecule has 1 N–H and O–H groups in total. The molecule has 2 nitrogen and oxygen atoms in total. The lowest BCUT2D eigenvalue weighted by Crippen LogP contribution is -1.98. The Labute approximate surface area is 126 Å². The van der Waals surface area contributed by atoms with E-state index in [2.05, 4.69) is 12.2 Å². The van der Waals surface area contributed by atoms with Crippen LogP contribution in [-0.2, 0) is 4.74 Å². The normalized spacial score (nSPS) is 13.9. The molecule has 0 spiro atoms. The van der Waals surface area contributed by atoms with Crippen molar-refractivity contribution in [3.8, 4) is 0 Å². The van der Waals surface area contributed by atoms with E-state index in [0.717, 1.165) is 12.2 Å². The zero-order valence-electron chi connectivity index (χ0n) is 13.6. The molecule has 0 fully saturated rings. The lowest BCUT2D eigenvalue weighted by atomic mass is 10.0. The molecule has 1 aliphatic heterocycles. The zero-order chi connectivity index (χ0) is 14.3. The molecule has 1 aliphatic rings. The Morgan fingerprint density at radius 3 is 1.75 bits per heavy atom. The van der Waals surface area contributed by atoms with E-state index in [4.69, 9.17) is 4.74 Å². The molecular formula is C18H35NO. The molecule has 0 unspecified atom stereocenters. The molecule has 0 aromatic rings. The maximum absolute atomic E-state index is 5.41. The Hall–Kier alpha value is -0.660. The third-order valence-electron chi connectivity index (χ3n) is 4.13. The van der Waals surface area contributed by atoms with Crippen LogP contribution in [0.3, 0.4) is 0 Å². The van der Waals surface area contributed by atoms with E-state index in [1.807, 2.05) is 6.20 Å². The van der Waals surface area contributed by atoms with E-state index in [9.17, 15) is 0 Å². The summed E-state index contributed by atoms with van der Waals surface area (Å²) in [6, 6.07) is 0. The van der Waals surface area contributed by atoms with Crippen molar-refractivity contribution in [3.05, 3.63) is 12.0 Å². The van der Waals surface area contributed by atoms with Crippen LogP contribution in [0.15, 0.2) is 12.0 Å². The molecule has 0 aromatic heterocycles. The van der Waals surface area contributed by atoms with Crippen LogP contribution >= 0.6 is 0 Å². The first-order valence-corrected chi connectivity index (χ1v) is 8.98. The molecule has 0 saturated carbocycles. The number of unbranched alkanes of at least 4 members (excludes halogenated alkanes) is 12. The third-order valence-corrected chi connectivity index (χ3v) is 4.13. The monoisotopic (exact) mass is 281 g/mol. The minimum atomic E-state index is 0.674. The van der Waals surface area contributed by atoms with Gasteiger partial charge in [0.05, 0.1) is 0 Å². The minimum absolute atomic E-state index is 0.674. The van der Waals surface area contributed by atoms with Crippen LogP contribution in [0.1, 0.15) is 96.8 Å². The van der Waals surface area contributed by atoms with Crippen molar-refractivity contribution < 1.29 is 4.74 Å². The molecule has 1 heterocycles. The summed E-state index contributed by atoms with van der Waals surface area (Å²) in [5.74, 6) is 1.15. The van der Waals surface area contributed by atoms with E-state index >= 15 is 0 Å². The highest BCUT2D eigenvalue weighted by atomic mass is 16.5. The number of hydrogen-bond donors (Lipinski definition) is 1. The average Bonchev–Trinajstić information content (AvgIpc) is 2.97. The molecule has 0 atom stereocenters. The van der Waals surface area contributed by atoms with Gasteiger partial charge >= 0.3 is 0 Å². The van der Waals surface area contributed by atoms with Crippen molar-refractivity contribution in [2.45, 2.75) is 96.8 Å². The highest BCUT2D eigenvalue weighted by Crippen LogP contribution is 2.15. The van der Waals surface area contributed by atoms with Gasteiger partial charge in [-0.1, -0.05) is 84.0 Å². The highest BCUT2D eigenvalue weighted by molar-refractivity contribution is 4.94. The fraction of sp³-hybridized carbons (Fsp3) is 0.889. The summed E-state index contributed by atoms with van der Waals surface area (Å²) in [5, 5.41) is 3.08. The second-order valence-electron chi connectivity index (χ2n) is 6.10. The van der Waals surface area contributed by atoms with E-state index < -0.39 is 0 Å². The molecule has 20 heavy (non-hydrogen) atoms. The molecule has 2 heteroatoms. The Bertz CT molecular complexity index is 238. The summed E-state index contributed by atoms with van der Waals surface area (Å²) in [4.78, 5) is 0. The second-order valence-corrected chi connectivity index (χ2v) is 6.10. The molecule has 0 aromatic carbocycles. The molecule has 0 bridgehead atoms. The second kappa shape index (κ2) is 13.3. The van der Waals surface area contributed by atoms with Crippen LogP contribution in [0.25, 0.3) is 0 Å². The van der Waals surface area contributed by atoms with Gasteiger partial charge < -0.3 is 10.1 Å². The van der Waals surface area contributed by atoms with Gasteiger partial charge in [0.25, 0.3) is 0 Å². The van der Waals surface area contributed by atoms with Gasteiger partial charge in [-0.3, -0.25) is 0 Å². The molecule has 0 amide bonds. The van der Waals surface area contributed by atoms with E-state index in [0.29, 0.717) is 6.73 Å². The predicted molar refractivity (Wildman–Crippen MR) is 87.5 cm³/mol. The summed E-state index contributed by atoms with van der Waals surface area (Å²) >= 11 is 0. The average molecular weight is 281 g/mol. The van der Waals surface area contributed by atoms with Crippen molar-refractivity contribution in [1.82, 2.24) is 5.32 Å². The Kier molecular flexibility index (Phi) is 11.6. The van der Waals surface area contributed by atoms with Gasteiger partial charge in [0, 0.05) is 12.6 Å². The van der Waals surface area contributed by atoms with E-state index in [1.165, 1.54) is 83.5 Å². The van der Waals surface area contributed by atoms with Gasteiger partial charge in [-0.05, 0) is 6.42 Å². The Morgan fingerprint density at radius 1 is 0.800 bits per heavy atom. The predicted octanol–water partition coefficient (Wildman–Crippen LogP) is 5.89. The van der Waals surface area contributed by atoms with Crippen molar-refractivity contribution >= 4 is 0 Å². The van der Waals surface area contributed by atoms with Gasteiger partial charge in [0.2, 0.25) is 0 Å². The first-order valence-electron chi connectivity index (χ1n) is 8.98. The summed E-state index contributed by atoms with van der Waals surface area (Å²) in [7, 11) is 0. The van der Waals surface area contributed by atoms with E-state index in [-0.39, 0.29) is 0 Å². The number of rotatable bonds is 14. The molecule has 0 saturated heterocycles. The molecule has 118 valence electrons. The fourth-order valence-corrected chi connectivity index (χ4v) is 2.79. The molecule has 0 radical (unpaired) electrons. The summed E-state index contributed by atoms with van der Waals surface area (Å²) in [6.45, 7) is 2.96. The van der Waals surface area contributed by atoms with Crippen LogP contribution in [0, 0.1) is 0 Å². The van der Waals surface area contributed by atoms with Crippen molar-refractivity contribution in [1.29, 1.82) is 0 Å². The Morgan fingerprint density at radius 2 is 1.30 bits per heavy atom. The number of nitrogens with one attached hydrogen (secondary N) is 1. The van der Waals surface area contributed by atoms with Crippen LogP contribution in [0.2, 0.25) is 0 Å². The zero-order valence-corrected chi connectivity index (χ0v) is 13.6. The molecular weight excluding hydrogens is 246 g/mol. The first kappa shape index (κ1) is 17.4.